The third-order valence-electron chi connectivity index (χ3n) is 3.44. The van der Waals surface area contributed by atoms with Crippen molar-refractivity contribution in [2.75, 3.05) is 18.1 Å². The highest BCUT2D eigenvalue weighted by Gasteiger charge is 2.31. The van der Waals surface area contributed by atoms with Gasteiger partial charge < -0.3 is 10.5 Å². The highest BCUT2D eigenvalue weighted by molar-refractivity contribution is 8.07. The molecule has 0 amide bonds. The van der Waals surface area contributed by atoms with Crippen LogP contribution in [0.4, 0.5) is 0 Å². The molecule has 1 aromatic heterocycles. The smallest absolute Gasteiger partial charge is 0.137 e. The van der Waals surface area contributed by atoms with Crippen LogP contribution in [-0.2, 0) is 0 Å². The van der Waals surface area contributed by atoms with E-state index in [0.717, 1.165) is 24.3 Å². The van der Waals surface area contributed by atoms with Gasteiger partial charge in [-0.15, -0.1) is 0 Å². The van der Waals surface area contributed by atoms with Gasteiger partial charge >= 0.3 is 0 Å². The van der Waals surface area contributed by atoms with E-state index in [0.29, 0.717) is 10.5 Å². The Kier molecular flexibility index (Phi) is 6.52. The number of nitrogens with zero attached hydrogens (tertiary/aromatic N) is 1. The van der Waals surface area contributed by atoms with E-state index in [2.05, 4.69) is 36.7 Å². The average Bonchev–Trinajstić information content (AvgIpc) is 2.52. The van der Waals surface area contributed by atoms with Crippen molar-refractivity contribution < 1.29 is 4.74 Å². The molecule has 3 nitrogen and oxygen atoms in total. The molecular formula is C15H24N2OS2. The highest BCUT2D eigenvalue weighted by atomic mass is 32.2. The minimum Gasteiger partial charge on any atom is -0.492 e. The Balaban J connectivity index is 2.08. The fraction of sp³-hybridized carbons (Fsp3) is 0.667. The van der Waals surface area contributed by atoms with Crippen LogP contribution < -0.4 is 10.5 Å². The summed E-state index contributed by atoms with van der Waals surface area (Å²) < 4.78 is 5.66. The van der Waals surface area contributed by atoms with Crippen molar-refractivity contribution in [2.45, 2.75) is 43.2 Å². The SMILES string of the molecule is CCCOc1cncc(C(N)C2SCCSC2CC)c1. The summed E-state index contributed by atoms with van der Waals surface area (Å²) in [6.45, 7) is 5.08. The van der Waals surface area contributed by atoms with Crippen molar-refractivity contribution in [1.82, 2.24) is 4.98 Å². The van der Waals surface area contributed by atoms with Crippen molar-refractivity contribution >= 4 is 23.5 Å². The second-order valence-corrected chi connectivity index (χ2v) is 7.61. The number of aromatic nitrogens is 1. The van der Waals surface area contributed by atoms with Gasteiger partial charge in [0.05, 0.1) is 12.8 Å². The summed E-state index contributed by atoms with van der Waals surface area (Å²) in [5.41, 5.74) is 7.60. The summed E-state index contributed by atoms with van der Waals surface area (Å²) >= 11 is 4.07. The Morgan fingerprint density at radius 2 is 2.15 bits per heavy atom. The summed E-state index contributed by atoms with van der Waals surface area (Å²) in [5.74, 6) is 3.27. The zero-order valence-corrected chi connectivity index (χ0v) is 13.9. The summed E-state index contributed by atoms with van der Waals surface area (Å²) in [6, 6.07) is 2.09. The lowest BCUT2D eigenvalue weighted by atomic mass is 10.0. The van der Waals surface area contributed by atoms with Crippen LogP contribution in [0.25, 0.3) is 0 Å². The first-order chi connectivity index (χ1) is 9.76. The summed E-state index contributed by atoms with van der Waals surface area (Å²) in [6.07, 6.45) is 5.83. The topological polar surface area (TPSA) is 48.1 Å². The molecule has 112 valence electrons. The van der Waals surface area contributed by atoms with E-state index in [1.54, 1.807) is 6.20 Å². The maximum Gasteiger partial charge on any atom is 0.137 e. The molecule has 2 rings (SSSR count). The van der Waals surface area contributed by atoms with E-state index >= 15 is 0 Å². The van der Waals surface area contributed by atoms with Gasteiger partial charge in [0.25, 0.3) is 0 Å². The normalized spacial score (nSPS) is 24.4. The molecule has 0 radical (unpaired) electrons. The molecule has 1 fully saturated rings. The Morgan fingerprint density at radius 3 is 2.90 bits per heavy atom. The van der Waals surface area contributed by atoms with Crippen LogP contribution in [0.2, 0.25) is 0 Å². The maximum atomic E-state index is 6.50. The quantitative estimate of drug-likeness (QED) is 0.871. The van der Waals surface area contributed by atoms with E-state index in [1.165, 1.54) is 17.9 Å². The number of hydrogen-bond acceptors (Lipinski definition) is 5. The van der Waals surface area contributed by atoms with Gasteiger partial charge in [0, 0.05) is 34.2 Å². The Labute approximate surface area is 130 Å². The van der Waals surface area contributed by atoms with Crippen molar-refractivity contribution in [1.29, 1.82) is 0 Å². The summed E-state index contributed by atoms with van der Waals surface area (Å²) in [5, 5.41) is 1.12. The highest BCUT2D eigenvalue weighted by Crippen LogP contribution is 2.39. The largest absolute Gasteiger partial charge is 0.492 e. The fourth-order valence-corrected chi connectivity index (χ4v) is 5.56. The third kappa shape index (κ3) is 4.06. The van der Waals surface area contributed by atoms with Crippen molar-refractivity contribution in [3.8, 4) is 5.75 Å². The van der Waals surface area contributed by atoms with Gasteiger partial charge in [-0.2, -0.15) is 23.5 Å². The minimum atomic E-state index is 0.0374. The lowest BCUT2D eigenvalue weighted by Crippen LogP contribution is -2.35. The van der Waals surface area contributed by atoms with Gasteiger partial charge in [0.2, 0.25) is 0 Å². The van der Waals surface area contributed by atoms with Gasteiger partial charge in [-0.05, 0) is 24.5 Å². The third-order valence-corrected chi connectivity index (χ3v) is 6.81. The Bertz CT molecular complexity index is 417. The molecule has 0 saturated carbocycles. The molecule has 5 heteroatoms. The summed E-state index contributed by atoms with van der Waals surface area (Å²) in [4.78, 5) is 4.28. The van der Waals surface area contributed by atoms with Gasteiger partial charge in [-0.1, -0.05) is 13.8 Å². The summed E-state index contributed by atoms with van der Waals surface area (Å²) in [7, 11) is 0. The molecule has 20 heavy (non-hydrogen) atoms. The number of pyridine rings is 1. The number of thioether (sulfide) groups is 2. The maximum absolute atomic E-state index is 6.50. The molecule has 2 heterocycles. The molecule has 1 aromatic rings. The fourth-order valence-electron chi connectivity index (χ4n) is 2.38. The van der Waals surface area contributed by atoms with Crippen LogP contribution in [0.15, 0.2) is 18.5 Å². The molecule has 0 bridgehead atoms. The number of ether oxygens (including phenoxy) is 1. The van der Waals surface area contributed by atoms with E-state index < -0.39 is 0 Å². The molecule has 1 saturated heterocycles. The van der Waals surface area contributed by atoms with E-state index in [4.69, 9.17) is 10.5 Å². The van der Waals surface area contributed by atoms with E-state index in [-0.39, 0.29) is 6.04 Å². The van der Waals surface area contributed by atoms with Gasteiger partial charge in [-0.25, -0.2) is 0 Å². The Hall–Kier alpha value is -0.390. The predicted molar refractivity (Wildman–Crippen MR) is 89.7 cm³/mol. The van der Waals surface area contributed by atoms with Crippen molar-refractivity contribution in [3.05, 3.63) is 24.0 Å². The second-order valence-electron chi connectivity index (χ2n) is 4.98. The second kappa shape index (κ2) is 8.15. The zero-order chi connectivity index (χ0) is 14.4. The first kappa shape index (κ1) is 16.0. The minimum absolute atomic E-state index is 0.0374. The molecule has 2 N–H and O–H groups in total. The van der Waals surface area contributed by atoms with Crippen LogP contribution in [0.1, 0.15) is 38.3 Å². The van der Waals surface area contributed by atoms with Gasteiger partial charge in [0.15, 0.2) is 0 Å². The molecule has 1 aliphatic rings. The average molecular weight is 313 g/mol. The van der Waals surface area contributed by atoms with E-state index in [9.17, 15) is 0 Å². The molecule has 1 aliphatic heterocycles. The van der Waals surface area contributed by atoms with Crippen LogP contribution in [-0.4, -0.2) is 33.6 Å². The molecule has 0 spiro atoms. The Morgan fingerprint density at radius 1 is 1.35 bits per heavy atom. The first-order valence-corrected chi connectivity index (χ1v) is 9.42. The molecule has 0 aromatic carbocycles. The number of nitrogens with two attached hydrogens (primary N) is 1. The van der Waals surface area contributed by atoms with Crippen LogP contribution in [0.5, 0.6) is 5.75 Å². The zero-order valence-electron chi connectivity index (χ0n) is 12.2. The van der Waals surface area contributed by atoms with Crippen LogP contribution in [0, 0.1) is 0 Å². The number of rotatable bonds is 6. The lowest BCUT2D eigenvalue weighted by molar-refractivity contribution is 0.315. The van der Waals surface area contributed by atoms with Gasteiger partial charge in [-0.3, -0.25) is 4.98 Å². The molecule has 3 unspecified atom stereocenters. The predicted octanol–water partition coefficient (Wildman–Crippen LogP) is 3.50. The molecule has 3 atom stereocenters. The van der Waals surface area contributed by atoms with Crippen LogP contribution >= 0.6 is 23.5 Å². The number of hydrogen-bond donors (Lipinski definition) is 1. The van der Waals surface area contributed by atoms with Gasteiger partial charge in [0.1, 0.15) is 5.75 Å². The van der Waals surface area contributed by atoms with E-state index in [1.807, 2.05) is 18.0 Å². The molecule has 0 aliphatic carbocycles. The van der Waals surface area contributed by atoms with Crippen molar-refractivity contribution in [2.24, 2.45) is 5.73 Å². The van der Waals surface area contributed by atoms with Crippen molar-refractivity contribution in [3.63, 3.8) is 0 Å². The first-order valence-electron chi connectivity index (χ1n) is 7.32. The monoisotopic (exact) mass is 312 g/mol. The standard InChI is InChI=1S/C15H24N2OS2/c1-3-5-18-12-8-11(9-17-10-12)14(16)15-13(4-2)19-6-7-20-15/h8-10,13-15H,3-7,16H2,1-2H3. The molecular weight excluding hydrogens is 288 g/mol. The lowest BCUT2D eigenvalue weighted by Gasteiger charge is -2.34. The van der Waals surface area contributed by atoms with Crippen LogP contribution in [0.3, 0.4) is 0 Å².